The molecule has 4 aliphatic rings. The average molecular weight is 313 g/mol. The predicted octanol–water partition coefficient (Wildman–Crippen LogP) is 3.77. The zero-order chi connectivity index (χ0) is 16.5. The number of nitrogens with zero attached hydrogens (tertiary/aromatic N) is 1. The van der Waals surface area contributed by atoms with Crippen LogP contribution in [0.1, 0.15) is 65.2 Å². The Morgan fingerprint density at radius 2 is 1.87 bits per heavy atom. The van der Waals surface area contributed by atoms with E-state index in [4.69, 9.17) is 0 Å². The summed E-state index contributed by atoms with van der Waals surface area (Å²) in [6.07, 6.45) is 9.42. The molecule has 0 aliphatic heterocycles. The van der Waals surface area contributed by atoms with Crippen LogP contribution in [0.2, 0.25) is 0 Å². The van der Waals surface area contributed by atoms with Gasteiger partial charge in [0.15, 0.2) is 11.4 Å². The van der Waals surface area contributed by atoms with Gasteiger partial charge in [-0.1, -0.05) is 19.4 Å². The lowest BCUT2D eigenvalue weighted by Gasteiger charge is -2.58. The molecule has 23 heavy (non-hydrogen) atoms. The van der Waals surface area contributed by atoms with Crippen molar-refractivity contribution in [1.82, 2.24) is 0 Å². The number of ketones is 1. The van der Waals surface area contributed by atoms with Crippen LogP contribution in [0.15, 0.2) is 11.6 Å². The molecule has 124 valence electrons. The summed E-state index contributed by atoms with van der Waals surface area (Å²) in [5.41, 5.74) is 0.172. The molecular weight excluding hydrogens is 286 g/mol. The number of carbonyl (C=O) groups is 1. The van der Waals surface area contributed by atoms with E-state index in [0.29, 0.717) is 36.4 Å². The zero-order valence-electron chi connectivity index (χ0n) is 14.3. The van der Waals surface area contributed by atoms with Crippen molar-refractivity contribution in [2.24, 2.45) is 28.6 Å². The maximum Gasteiger partial charge on any atom is 0.156 e. The summed E-state index contributed by atoms with van der Waals surface area (Å²) < 4.78 is 0. The highest BCUT2D eigenvalue weighted by atomic mass is 16.3. The van der Waals surface area contributed by atoms with Gasteiger partial charge in [0.05, 0.1) is 6.07 Å². The van der Waals surface area contributed by atoms with Crippen LogP contribution >= 0.6 is 0 Å². The molecule has 3 saturated carbocycles. The van der Waals surface area contributed by atoms with E-state index in [9.17, 15) is 15.2 Å². The molecule has 4 rings (SSSR count). The summed E-state index contributed by atoms with van der Waals surface area (Å²) >= 11 is 0. The molecule has 0 spiro atoms. The first-order chi connectivity index (χ1) is 10.8. The lowest BCUT2D eigenvalue weighted by atomic mass is 9.46. The second kappa shape index (κ2) is 4.70. The van der Waals surface area contributed by atoms with Crippen molar-refractivity contribution in [2.45, 2.75) is 70.8 Å². The normalized spacial score (nSPS) is 52.0. The van der Waals surface area contributed by atoms with Crippen molar-refractivity contribution >= 4 is 5.78 Å². The number of nitriles is 1. The number of allylic oxidation sites excluding steroid dienone is 1. The third kappa shape index (κ3) is 1.82. The SMILES string of the molecule is C[C@]12CCC(=O)C=C1CC[C@@H]1[C@@H]2CC[C@@]2(C)[C@H]1CC[C@@]2(O)C#N. The monoisotopic (exact) mass is 313 g/mol. The minimum Gasteiger partial charge on any atom is -0.375 e. The highest BCUT2D eigenvalue weighted by Gasteiger charge is 2.64. The maximum atomic E-state index is 11.8. The largest absolute Gasteiger partial charge is 0.375 e. The van der Waals surface area contributed by atoms with Crippen LogP contribution in [0.4, 0.5) is 0 Å². The van der Waals surface area contributed by atoms with E-state index in [1.807, 2.05) is 6.08 Å². The van der Waals surface area contributed by atoms with E-state index in [0.717, 1.165) is 38.5 Å². The molecule has 0 unspecified atom stereocenters. The fraction of sp³-hybridized carbons (Fsp3) is 0.800. The Morgan fingerprint density at radius 3 is 2.61 bits per heavy atom. The van der Waals surface area contributed by atoms with Gasteiger partial charge in [0, 0.05) is 11.8 Å². The molecule has 3 nitrogen and oxygen atoms in total. The lowest BCUT2D eigenvalue weighted by Crippen LogP contribution is -2.54. The van der Waals surface area contributed by atoms with Crippen molar-refractivity contribution in [2.75, 3.05) is 0 Å². The number of carbonyl (C=O) groups excluding carboxylic acids is 1. The lowest BCUT2D eigenvalue weighted by molar-refractivity contribution is -0.119. The van der Waals surface area contributed by atoms with E-state index in [1.54, 1.807) is 0 Å². The van der Waals surface area contributed by atoms with E-state index in [2.05, 4.69) is 19.9 Å². The fourth-order valence-electron chi connectivity index (χ4n) is 6.76. The summed E-state index contributed by atoms with van der Waals surface area (Å²) in [4.78, 5) is 11.8. The van der Waals surface area contributed by atoms with Crippen molar-refractivity contribution < 1.29 is 9.90 Å². The molecule has 6 atom stereocenters. The Labute approximate surface area is 138 Å². The number of fused-ring (bicyclic) bond motifs is 5. The smallest absolute Gasteiger partial charge is 0.156 e. The summed E-state index contributed by atoms with van der Waals surface area (Å²) in [5.74, 6) is 1.99. The number of hydrogen-bond donors (Lipinski definition) is 1. The van der Waals surface area contributed by atoms with Crippen LogP contribution in [-0.4, -0.2) is 16.5 Å². The van der Waals surface area contributed by atoms with Gasteiger partial charge in [-0.25, -0.2) is 0 Å². The minimum absolute atomic E-state index is 0.172. The van der Waals surface area contributed by atoms with Crippen LogP contribution in [0.5, 0.6) is 0 Å². The van der Waals surface area contributed by atoms with Gasteiger partial charge < -0.3 is 5.11 Å². The summed E-state index contributed by atoms with van der Waals surface area (Å²) in [6, 6.07) is 2.25. The van der Waals surface area contributed by atoms with Crippen molar-refractivity contribution in [1.29, 1.82) is 5.26 Å². The number of aliphatic hydroxyl groups is 1. The molecule has 3 fully saturated rings. The van der Waals surface area contributed by atoms with Gasteiger partial charge in [0.1, 0.15) is 0 Å². The average Bonchev–Trinajstić information content (AvgIpc) is 2.80. The fourth-order valence-corrected chi connectivity index (χ4v) is 6.76. The third-order valence-corrected chi connectivity index (χ3v) is 8.30. The Balaban J connectivity index is 1.70. The second-order valence-corrected chi connectivity index (χ2v) is 8.94. The van der Waals surface area contributed by atoms with Crippen LogP contribution in [0.3, 0.4) is 0 Å². The quantitative estimate of drug-likeness (QED) is 0.692. The van der Waals surface area contributed by atoms with Crippen molar-refractivity contribution in [3.8, 4) is 6.07 Å². The third-order valence-electron chi connectivity index (χ3n) is 8.30. The Kier molecular flexibility index (Phi) is 3.14. The highest BCUT2D eigenvalue weighted by Crippen LogP contribution is 2.67. The van der Waals surface area contributed by atoms with Gasteiger partial charge in [0.25, 0.3) is 0 Å². The van der Waals surface area contributed by atoms with Gasteiger partial charge in [-0.05, 0) is 74.2 Å². The molecule has 0 radical (unpaired) electrons. The molecule has 3 heteroatoms. The minimum atomic E-state index is -1.14. The standard InChI is InChI=1S/C20H27NO2/c1-18-8-5-14(22)11-13(18)3-4-15-16(18)6-9-19(2)17(15)7-10-20(19,23)12-21/h11,15-17,23H,3-10H2,1-2H3/t15-,16+,17+,18+,19+,20-/m1/s1. The van der Waals surface area contributed by atoms with E-state index < -0.39 is 5.60 Å². The molecule has 4 aliphatic carbocycles. The van der Waals surface area contributed by atoms with Crippen molar-refractivity contribution in [3.63, 3.8) is 0 Å². The highest BCUT2D eigenvalue weighted by molar-refractivity contribution is 5.91. The Morgan fingerprint density at radius 1 is 1.13 bits per heavy atom. The van der Waals surface area contributed by atoms with Crippen LogP contribution in [-0.2, 0) is 4.79 Å². The van der Waals surface area contributed by atoms with Gasteiger partial charge in [-0.15, -0.1) is 0 Å². The van der Waals surface area contributed by atoms with E-state index in [-0.39, 0.29) is 10.8 Å². The summed E-state index contributed by atoms with van der Waals surface area (Å²) in [5, 5.41) is 20.4. The van der Waals surface area contributed by atoms with E-state index in [1.165, 1.54) is 5.57 Å². The number of rotatable bonds is 0. The van der Waals surface area contributed by atoms with Crippen LogP contribution < -0.4 is 0 Å². The van der Waals surface area contributed by atoms with Gasteiger partial charge in [-0.2, -0.15) is 5.26 Å². The van der Waals surface area contributed by atoms with Crippen LogP contribution in [0.25, 0.3) is 0 Å². The Bertz CT molecular complexity index is 632. The topological polar surface area (TPSA) is 61.1 Å². The van der Waals surface area contributed by atoms with Crippen molar-refractivity contribution in [3.05, 3.63) is 11.6 Å². The van der Waals surface area contributed by atoms with Gasteiger partial charge in [0.2, 0.25) is 0 Å². The first kappa shape index (κ1) is 15.4. The second-order valence-electron chi connectivity index (χ2n) is 8.94. The summed E-state index contributed by atoms with van der Waals surface area (Å²) in [7, 11) is 0. The molecule has 0 saturated heterocycles. The first-order valence-electron chi connectivity index (χ1n) is 9.22. The molecule has 0 heterocycles. The zero-order valence-corrected chi connectivity index (χ0v) is 14.3. The molecule has 0 aromatic rings. The summed E-state index contributed by atoms with van der Waals surface area (Å²) in [6.45, 7) is 4.53. The molecular formula is C20H27NO2. The predicted molar refractivity (Wildman–Crippen MR) is 87.3 cm³/mol. The van der Waals surface area contributed by atoms with Gasteiger partial charge in [-0.3, -0.25) is 4.79 Å². The Hall–Kier alpha value is -1.14. The molecule has 0 amide bonds. The van der Waals surface area contributed by atoms with E-state index >= 15 is 0 Å². The van der Waals surface area contributed by atoms with Gasteiger partial charge >= 0.3 is 0 Å². The molecule has 0 aromatic carbocycles. The maximum absolute atomic E-state index is 11.8. The molecule has 1 N–H and O–H groups in total. The number of hydrogen-bond acceptors (Lipinski definition) is 3. The molecule has 0 bridgehead atoms. The molecule has 0 aromatic heterocycles. The first-order valence-corrected chi connectivity index (χ1v) is 9.22. The van der Waals surface area contributed by atoms with Crippen LogP contribution in [0, 0.1) is 39.9 Å².